The van der Waals surface area contributed by atoms with Crippen molar-refractivity contribution in [3.05, 3.63) is 65.2 Å². The number of amides is 1. The summed E-state index contributed by atoms with van der Waals surface area (Å²) in [7, 11) is 0. The highest BCUT2D eigenvalue weighted by molar-refractivity contribution is 7.89. The van der Waals surface area contributed by atoms with Gasteiger partial charge >= 0.3 is 0 Å². The van der Waals surface area contributed by atoms with Crippen LogP contribution in [0.25, 0.3) is 0 Å². The number of unbranched alkanes of at least 4 members (excludes halogenated alkanes) is 3. The van der Waals surface area contributed by atoms with Crippen LogP contribution in [0.2, 0.25) is 0 Å². The van der Waals surface area contributed by atoms with Crippen LogP contribution in [0.1, 0.15) is 47.2 Å². The van der Waals surface area contributed by atoms with Crippen molar-refractivity contribution in [2.24, 2.45) is 11.5 Å². The normalized spacial score (nSPS) is 11.6. The van der Waals surface area contributed by atoms with E-state index in [1.54, 1.807) is 48.5 Å². The van der Waals surface area contributed by atoms with Gasteiger partial charge in [-0.15, -0.1) is 4.72 Å². The number of carbonyl (C=O) groups is 1. The third-order valence-corrected chi connectivity index (χ3v) is 5.63. The smallest absolute Gasteiger partial charge is 0.251 e. The second-order valence-electron chi connectivity index (χ2n) is 6.76. The van der Waals surface area contributed by atoms with Crippen molar-refractivity contribution in [3.63, 3.8) is 0 Å². The molecule has 0 fully saturated rings. The molecule has 0 heterocycles. The Morgan fingerprint density at radius 2 is 1.27 bits per heavy atom. The Morgan fingerprint density at radius 3 is 1.80 bits per heavy atom. The first-order valence-electron chi connectivity index (χ1n) is 9.71. The molecule has 0 aromatic heterocycles. The van der Waals surface area contributed by atoms with Crippen LogP contribution in [0.5, 0.6) is 0 Å². The molecule has 0 aliphatic carbocycles. The molecule has 1 amide bonds. The highest BCUT2D eigenvalue weighted by atomic mass is 32.2. The van der Waals surface area contributed by atoms with Gasteiger partial charge in [-0.25, -0.2) is 0 Å². The van der Waals surface area contributed by atoms with E-state index in [9.17, 15) is 9.35 Å². The number of rotatable bonds is 12. The number of carbonyl (C=O) groups excluding carboxylic acids is 1. The number of hydrogen-bond acceptors (Lipinski definition) is 5. The highest BCUT2D eigenvalue weighted by Gasteiger charge is 2.11. The van der Waals surface area contributed by atoms with Gasteiger partial charge in [-0.05, 0) is 49.2 Å². The molecular weight excluding hydrogens is 400 g/mol. The van der Waals surface area contributed by atoms with Crippen LogP contribution >= 0.6 is 0 Å². The summed E-state index contributed by atoms with van der Waals surface area (Å²) in [6, 6.07) is 13.4. The zero-order valence-electron chi connectivity index (χ0n) is 16.7. The summed E-state index contributed by atoms with van der Waals surface area (Å²) in [5.74, 6) is -0.175. The van der Waals surface area contributed by atoms with Crippen LogP contribution in [0.4, 0.5) is 0 Å². The lowest BCUT2D eigenvalue weighted by Gasteiger charge is -2.11. The van der Waals surface area contributed by atoms with Gasteiger partial charge < -0.3 is 21.3 Å². The second kappa shape index (κ2) is 12.0. The largest absolute Gasteiger partial charge is 0.593 e. The number of nitrogens with two attached hydrogens (primary N) is 2. The minimum atomic E-state index is -1.29. The fourth-order valence-corrected chi connectivity index (χ4v) is 3.59. The Bertz CT molecular complexity index is 855. The van der Waals surface area contributed by atoms with Gasteiger partial charge in [0.1, 0.15) is 11.7 Å². The fraction of sp³-hybridized carbons (Fsp3) is 0.286. The average molecular weight is 429 g/mol. The van der Waals surface area contributed by atoms with Gasteiger partial charge in [0, 0.05) is 29.8 Å². The molecule has 0 saturated heterocycles. The van der Waals surface area contributed by atoms with E-state index in [-0.39, 0.29) is 17.6 Å². The summed E-state index contributed by atoms with van der Waals surface area (Å²) in [6.45, 7) is 1.23. The minimum Gasteiger partial charge on any atom is -0.593 e. The molecular formula is C21H28N6O2S. The Labute approximate surface area is 179 Å². The van der Waals surface area contributed by atoms with Gasteiger partial charge in [0.05, 0.1) is 11.4 Å². The van der Waals surface area contributed by atoms with Crippen molar-refractivity contribution >= 4 is 28.9 Å². The van der Waals surface area contributed by atoms with Crippen LogP contribution in [0.3, 0.4) is 0 Å². The van der Waals surface area contributed by atoms with Crippen molar-refractivity contribution in [1.82, 2.24) is 10.0 Å². The molecule has 1 atom stereocenters. The minimum absolute atomic E-state index is 0.0117. The molecule has 0 aliphatic heterocycles. The molecule has 8 nitrogen and oxygen atoms in total. The SMILES string of the molecule is N=C(N)c1ccc(C(=O)NCCCCCCN[S+]([O-])c2ccc(C(=N)N)cc2)cc1. The van der Waals surface area contributed by atoms with Crippen molar-refractivity contribution in [1.29, 1.82) is 10.8 Å². The first-order valence-corrected chi connectivity index (χ1v) is 10.9. The molecule has 1 unspecified atom stereocenters. The molecule has 0 spiro atoms. The van der Waals surface area contributed by atoms with Crippen LogP contribution in [0.15, 0.2) is 53.4 Å². The maximum absolute atomic E-state index is 12.2. The molecule has 9 heteroatoms. The number of benzene rings is 2. The van der Waals surface area contributed by atoms with E-state index in [2.05, 4.69) is 10.0 Å². The molecule has 0 saturated carbocycles. The monoisotopic (exact) mass is 428 g/mol. The van der Waals surface area contributed by atoms with Gasteiger partial charge in [-0.2, -0.15) is 0 Å². The van der Waals surface area contributed by atoms with E-state index in [4.69, 9.17) is 22.3 Å². The van der Waals surface area contributed by atoms with Crippen LogP contribution in [-0.2, 0) is 11.4 Å². The summed E-state index contributed by atoms with van der Waals surface area (Å²) in [5.41, 5.74) is 12.6. The fourth-order valence-electron chi connectivity index (χ4n) is 2.71. The zero-order chi connectivity index (χ0) is 21.9. The summed E-state index contributed by atoms with van der Waals surface area (Å²) in [6.07, 6.45) is 3.69. The standard InChI is InChI=1S/C21H28N6O2S/c22-19(23)15-5-7-17(8-6-15)21(28)26-13-3-1-2-4-14-27-30(29)18-11-9-16(10-12-18)20(24)25/h5-12,27H,1-4,13-14H2,(H3,22,23)(H3,24,25)(H,26,28). The molecule has 0 radical (unpaired) electrons. The summed E-state index contributed by atoms with van der Waals surface area (Å²) < 4.78 is 15.2. The van der Waals surface area contributed by atoms with Crippen LogP contribution in [0, 0.1) is 10.8 Å². The van der Waals surface area contributed by atoms with Crippen molar-refractivity contribution in [2.75, 3.05) is 13.1 Å². The van der Waals surface area contributed by atoms with Gasteiger partial charge in [0.2, 0.25) is 0 Å². The topological polar surface area (TPSA) is 164 Å². The third-order valence-electron chi connectivity index (χ3n) is 4.46. The maximum atomic E-state index is 12.2. The van der Waals surface area contributed by atoms with E-state index < -0.39 is 11.4 Å². The molecule has 2 aromatic rings. The van der Waals surface area contributed by atoms with Crippen LogP contribution < -0.4 is 21.5 Å². The van der Waals surface area contributed by atoms with Gasteiger partial charge in [-0.3, -0.25) is 15.6 Å². The highest BCUT2D eigenvalue weighted by Crippen LogP contribution is 2.10. The average Bonchev–Trinajstić information content (AvgIpc) is 2.75. The summed E-state index contributed by atoms with van der Waals surface area (Å²) in [5, 5.41) is 17.6. The predicted octanol–water partition coefficient (Wildman–Crippen LogP) is 1.86. The molecule has 8 N–H and O–H groups in total. The second-order valence-corrected chi connectivity index (χ2v) is 8.06. The first-order chi connectivity index (χ1) is 14.4. The van der Waals surface area contributed by atoms with E-state index >= 15 is 0 Å². The van der Waals surface area contributed by atoms with E-state index in [0.29, 0.717) is 34.7 Å². The first kappa shape index (κ1) is 23.4. The number of nitrogens with one attached hydrogen (secondary N) is 4. The molecule has 2 rings (SSSR count). The lowest BCUT2D eigenvalue weighted by atomic mass is 10.1. The van der Waals surface area contributed by atoms with Crippen LogP contribution in [-0.4, -0.2) is 35.2 Å². The van der Waals surface area contributed by atoms with Gasteiger partial charge in [-0.1, -0.05) is 25.0 Å². The van der Waals surface area contributed by atoms with Crippen molar-refractivity contribution < 1.29 is 9.35 Å². The summed E-state index contributed by atoms with van der Waals surface area (Å²) >= 11 is -1.29. The molecule has 2 aromatic carbocycles. The Hall–Kier alpha value is -2.88. The quantitative estimate of drug-likeness (QED) is 0.131. The Balaban J connectivity index is 1.55. The summed E-state index contributed by atoms with van der Waals surface area (Å²) in [4.78, 5) is 12.7. The lowest BCUT2D eigenvalue weighted by molar-refractivity contribution is 0.0953. The van der Waals surface area contributed by atoms with Gasteiger partial charge in [0.15, 0.2) is 4.90 Å². The van der Waals surface area contributed by atoms with E-state index in [1.807, 2.05) is 0 Å². The zero-order valence-corrected chi connectivity index (χ0v) is 17.6. The van der Waals surface area contributed by atoms with Crippen molar-refractivity contribution in [2.45, 2.75) is 30.6 Å². The molecule has 0 bridgehead atoms. The van der Waals surface area contributed by atoms with Gasteiger partial charge in [0.25, 0.3) is 5.91 Å². The molecule has 0 aliphatic rings. The molecule has 160 valence electrons. The Morgan fingerprint density at radius 1 is 0.800 bits per heavy atom. The molecule has 30 heavy (non-hydrogen) atoms. The lowest BCUT2D eigenvalue weighted by Crippen LogP contribution is -2.25. The van der Waals surface area contributed by atoms with Crippen molar-refractivity contribution in [3.8, 4) is 0 Å². The number of hydrogen-bond donors (Lipinski definition) is 6. The van der Waals surface area contributed by atoms with E-state index in [1.165, 1.54) is 0 Å². The third kappa shape index (κ3) is 7.51. The number of nitrogen functional groups attached to an aromatic ring is 2. The maximum Gasteiger partial charge on any atom is 0.251 e. The number of amidine groups is 2. The predicted molar refractivity (Wildman–Crippen MR) is 120 cm³/mol. The van der Waals surface area contributed by atoms with E-state index in [0.717, 1.165) is 25.7 Å². The Kier molecular flexibility index (Phi) is 9.33.